The van der Waals surface area contributed by atoms with E-state index in [1.165, 1.54) is 0 Å². The van der Waals surface area contributed by atoms with Gasteiger partial charge in [0.1, 0.15) is 0 Å². The van der Waals surface area contributed by atoms with E-state index in [1.807, 2.05) is 19.1 Å². The molecule has 1 fully saturated rings. The van der Waals surface area contributed by atoms with Crippen LogP contribution in [-0.4, -0.2) is 55.2 Å². The number of nitrogens with zero attached hydrogens (tertiary/aromatic N) is 1. The van der Waals surface area contributed by atoms with Gasteiger partial charge >= 0.3 is 5.97 Å². The van der Waals surface area contributed by atoms with Crippen molar-refractivity contribution in [1.29, 1.82) is 0 Å². The number of hydrogen-bond donors (Lipinski definition) is 3. The summed E-state index contributed by atoms with van der Waals surface area (Å²) in [6, 6.07) is 5.50. The van der Waals surface area contributed by atoms with Crippen LogP contribution >= 0.6 is 0 Å². The van der Waals surface area contributed by atoms with Gasteiger partial charge in [-0.3, -0.25) is 0 Å². The molecule has 5 nitrogen and oxygen atoms in total. The number of anilines is 1. The average Bonchev–Trinajstić information content (AvgIpc) is 2.45. The molecule has 20 heavy (non-hydrogen) atoms. The van der Waals surface area contributed by atoms with E-state index in [0.717, 1.165) is 51.3 Å². The lowest BCUT2D eigenvalue weighted by Crippen LogP contribution is -2.44. The normalized spacial score (nSPS) is 16.1. The smallest absolute Gasteiger partial charge is 0.337 e. The first-order valence-corrected chi connectivity index (χ1v) is 7.18. The highest BCUT2D eigenvalue weighted by Gasteiger charge is 2.11. The van der Waals surface area contributed by atoms with Crippen LogP contribution in [0.4, 0.5) is 5.69 Å². The maximum atomic E-state index is 11.2. The molecule has 1 heterocycles. The molecule has 0 atom stereocenters. The first-order valence-electron chi connectivity index (χ1n) is 7.18. The van der Waals surface area contributed by atoms with E-state index < -0.39 is 5.97 Å². The highest BCUT2D eigenvalue weighted by molar-refractivity contribution is 5.94. The number of rotatable bonds is 6. The predicted molar refractivity (Wildman–Crippen MR) is 80.6 cm³/mol. The molecule has 0 aliphatic carbocycles. The first-order chi connectivity index (χ1) is 9.66. The molecule has 0 unspecified atom stereocenters. The van der Waals surface area contributed by atoms with Gasteiger partial charge in [-0.2, -0.15) is 0 Å². The van der Waals surface area contributed by atoms with Crippen LogP contribution in [0.3, 0.4) is 0 Å². The van der Waals surface area contributed by atoms with E-state index in [1.54, 1.807) is 6.07 Å². The largest absolute Gasteiger partial charge is 0.478 e. The van der Waals surface area contributed by atoms with E-state index in [-0.39, 0.29) is 0 Å². The third-order valence-electron chi connectivity index (χ3n) is 3.58. The molecule has 1 aliphatic heterocycles. The van der Waals surface area contributed by atoms with Gasteiger partial charge in [-0.1, -0.05) is 11.6 Å². The Morgan fingerprint density at radius 1 is 1.40 bits per heavy atom. The van der Waals surface area contributed by atoms with Crippen molar-refractivity contribution in [2.75, 3.05) is 44.6 Å². The predicted octanol–water partition coefficient (Wildman–Crippen LogP) is 1.40. The fourth-order valence-corrected chi connectivity index (χ4v) is 2.45. The summed E-state index contributed by atoms with van der Waals surface area (Å²) in [6.45, 7) is 8.09. The fraction of sp³-hybridized carbons (Fsp3) is 0.533. The summed E-state index contributed by atoms with van der Waals surface area (Å²) in [7, 11) is 0. The molecule has 110 valence electrons. The molecule has 2 rings (SSSR count). The third kappa shape index (κ3) is 4.21. The molecule has 0 bridgehead atoms. The highest BCUT2D eigenvalue weighted by Crippen LogP contribution is 2.17. The van der Waals surface area contributed by atoms with E-state index in [4.69, 9.17) is 0 Å². The van der Waals surface area contributed by atoms with Crippen molar-refractivity contribution >= 4 is 11.7 Å². The Hall–Kier alpha value is -1.59. The van der Waals surface area contributed by atoms with E-state index >= 15 is 0 Å². The monoisotopic (exact) mass is 277 g/mol. The van der Waals surface area contributed by atoms with Gasteiger partial charge in [0.2, 0.25) is 0 Å². The second kappa shape index (κ2) is 7.26. The lowest BCUT2D eigenvalue weighted by Gasteiger charge is -2.27. The lowest BCUT2D eigenvalue weighted by atomic mass is 10.1. The van der Waals surface area contributed by atoms with Gasteiger partial charge in [0.05, 0.1) is 5.56 Å². The molecular formula is C15H23N3O2. The zero-order valence-electron chi connectivity index (χ0n) is 12.0. The Bertz CT molecular complexity index is 456. The van der Waals surface area contributed by atoms with Crippen molar-refractivity contribution in [3.8, 4) is 0 Å². The summed E-state index contributed by atoms with van der Waals surface area (Å²) in [4.78, 5) is 13.6. The number of carbonyl (C=O) groups is 1. The number of carboxylic acids is 1. The van der Waals surface area contributed by atoms with Gasteiger partial charge in [-0.15, -0.1) is 0 Å². The number of piperazine rings is 1. The van der Waals surface area contributed by atoms with Crippen LogP contribution in [0.15, 0.2) is 18.2 Å². The summed E-state index contributed by atoms with van der Waals surface area (Å²) >= 11 is 0. The minimum atomic E-state index is -0.877. The zero-order chi connectivity index (χ0) is 14.4. The summed E-state index contributed by atoms with van der Waals surface area (Å²) < 4.78 is 0. The van der Waals surface area contributed by atoms with Crippen LogP contribution in [-0.2, 0) is 0 Å². The maximum absolute atomic E-state index is 11.2. The third-order valence-corrected chi connectivity index (χ3v) is 3.58. The van der Waals surface area contributed by atoms with Crippen LogP contribution < -0.4 is 10.6 Å². The van der Waals surface area contributed by atoms with Crippen molar-refractivity contribution in [3.63, 3.8) is 0 Å². The SMILES string of the molecule is Cc1ccc(NCCCN2CCNCC2)c(C(=O)O)c1. The summed E-state index contributed by atoms with van der Waals surface area (Å²) in [6.07, 6.45) is 1.02. The maximum Gasteiger partial charge on any atom is 0.337 e. The Kier molecular flexibility index (Phi) is 5.38. The molecule has 1 aromatic rings. The minimum absolute atomic E-state index is 0.354. The van der Waals surface area contributed by atoms with Gasteiger partial charge in [0, 0.05) is 38.4 Å². The number of aryl methyl sites for hydroxylation is 1. The Balaban J connectivity index is 1.80. The van der Waals surface area contributed by atoms with Crippen molar-refractivity contribution in [2.45, 2.75) is 13.3 Å². The molecule has 0 radical (unpaired) electrons. The Morgan fingerprint density at radius 3 is 2.85 bits per heavy atom. The Labute approximate surface area is 120 Å². The fourth-order valence-electron chi connectivity index (χ4n) is 2.45. The second-order valence-corrected chi connectivity index (χ2v) is 5.23. The molecule has 0 amide bonds. The minimum Gasteiger partial charge on any atom is -0.478 e. The van der Waals surface area contributed by atoms with Crippen molar-refractivity contribution in [1.82, 2.24) is 10.2 Å². The molecular weight excluding hydrogens is 254 g/mol. The second-order valence-electron chi connectivity index (χ2n) is 5.23. The van der Waals surface area contributed by atoms with Crippen LogP contribution in [0.1, 0.15) is 22.3 Å². The standard InChI is InChI=1S/C15H23N3O2/c1-12-3-4-14(13(11-12)15(19)20)17-5-2-8-18-9-6-16-7-10-18/h3-4,11,16-17H,2,5-10H2,1H3,(H,19,20). The molecule has 5 heteroatoms. The van der Waals surface area contributed by atoms with E-state index in [2.05, 4.69) is 15.5 Å². The van der Waals surface area contributed by atoms with Crippen molar-refractivity contribution < 1.29 is 9.90 Å². The van der Waals surface area contributed by atoms with Crippen molar-refractivity contribution in [2.24, 2.45) is 0 Å². The van der Waals surface area contributed by atoms with Gasteiger partial charge in [0.15, 0.2) is 0 Å². The van der Waals surface area contributed by atoms with E-state index in [9.17, 15) is 9.90 Å². The molecule has 1 saturated heterocycles. The van der Waals surface area contributed by atoms with Crippen LogP contribution in [0.25, 0.3) is 0 Å². The molecule has 1 aliphatic rings. The quantitative estimate of drug-likeness (QED) is 0.686. The lowest BCUT2D eigenvalue weighted by molar-refractivity contribution is 0.0698. The summed E-state index contributed by atoms with van der Waals surface area (Å²) in [5.74, 6) is -0.877. The number of benzene rings is 1. The molecule has 1 aromatic carbocycles. The van der Waals surface area contributed by atoms with Crippen molar-refractivity contribution in [3.05, 3.63) is 29.3 Å². The summed E-state index contributed by atoms with van der Waals surface area (Å²) in [5.41, 5.74) is 2.03. The van der Waals surface area contributed by atoms with Gasteiger partial charge in [-0.25, -0.2) is 4.79 Å². The zero-order valence-corrected chi connectivity index (χ0v) is 12.0. The number of hydrogen-bond acceptors (Lipinski definition) is 4. The molecule has 3 N–H and O–H groups in total. The van der Waals surface area contributed by atoms with Gasteiger partial charge < -0.3 is 20.6 Å². The number of carboxylic acid groups (broad SMARTS) is 1. The van der Waals surface area contributed by atoms with Crippen LogP contribution in [0.5, 0.6) is 0 Å². The first kappa shape index (κ1) is 14.8. The Morgan fingerprint density at radius 2 is 2.15 bits per heavy atom. The van der Waals surface area contributed by atoms with Crippen LogP contribution in [0, 0.1) is 6.92 Å². The molecule has 0 aromatic heterocycles. The summed E-state index contributed by atoms with van der Waals surface area (Å²) in [5, 5.41) is 15.8. The van der Waals surface area contributed by atoms with Gasteiger partial charge in [0.25, 0.3) is 0 Å². The van der Waals surface area contributed by atoms with Crippen LogP contribution in [0.2, 0.25) is 0 Å². The highest BCUT2D eigenvalue weighted by atomic mass is 16.4. The number of aromatic carboxylic acids is 1. The molecule has 0 saturated carbocycles. The topological polar surface area (TPSA) is 64.6 Å². The van der Waals surface area contributed by atoms with E-state index in [0.29, 0.717) is 11.3 Å². The number of nitrogens with one attached hydrogen (secondary N) is 2. The molecule has 0 spiro atoms. The average molecular weight is 277 g/mol. The van der Waals surface area contributed by atoms with Gasteiger partial charge in [-0.05, 0) is 32.0 Å².